The van der Waals surface area contributed by atoms with Gasteiger partial charge < -0.3 is 9.84 Å². The lowest BCUT2D eigenvalue weighted by Gasteiger charge is -2.11. The standard InChI is InChI=1S/C13H19ClO2S/c1-2-3-8-16-9-11(15)10-17-13-7-5-4-6-12(13)14/h4-7,11,15H,2-3,8-10H2,1H3. The molecule has 0 saturated carbocycles. The Labute approximate surface area is 112 Å². The predicted molar refractivity (Wildman–Crippen MR) is 73.9 cm³/mol. The molecular weight excluding hydrogens is 256 g/mol. The maximum atomic E-state index is 9.71. The van der Waals surface area contributed by atoms with Gasteiger partial charge in [-0.05, 0) is 18.6 Å². The molecule has 96 valence electrons. The molecule has 4 heteroatoms. The SMILES string of the molecule is CCCCOCC(O)CSc1ccccc1Cl. The highest BCUT2D eigenvalue weighted by Gasteiger charge is 2.07. The van der Waals surface area contributed by atoms with E-state index in [0.717, 1.165) is 29.4 Å². The molecule has 0 bridgehead atoms. The molecule has 1 unspecified atom stereocenters. The second-order valence-electron chi connectivity index (χ2n) is 3.82. The maximum absolute atomic E-state index is 9.71. The molecule has 0 aliphatic heterocycles. The van der Waals surface area contributed by atoms with Crippen LogP contribution in [0.25, 0.3) is 0 Å². The average Bonchev–Trinajstić information content (AvgIpc) is 2.34. The molecule has 0 aliphatic carbocycles. The van der Waals surface area contributed by atoms with Crippen LogP contribution in [-0.2, 0) is 4.74 Å². The highest BCUT2D eigenvalue weighted by atomic mass is 35.5. The Morgan fingerprint density at radius 1 is 1.41 bits per heavy atom. The third-order valence-electron chi connectivity index (χ3n) is 2.22. The summed E-state index contributed by atoms with van der Waals surface area (Å²) in [5, 5.41) is 10.4. The van der Waals surface area contributed by atoms with E-state index >= 15 is 0 Å². The highest BCUT2D eigenvalue weighted by molar-refractivity contribution is 7.99. The lowest BCUT2D eigenvalue weighted by molar-refractivity contribution is 0.0473. The van der Waals surface area contributed by atoms with Gasteiger partial charge in [-0.1, -0.05) is 37.1 Å². The Morgan fingerprint density at radius 3 is 2.88 bits per heavy atom. The number of thioether (sulfide) groups is 1. The van der Waals surface area contributed by atoms with Crippen molar-refractivity contribution in [3.63, 3.8) is 0 Å². The van der Waals surface area contributed by atoms with E-state index in [4.69, 9.17) is 16.3 Å². The van der Waals surface area contributed by atoms with E-state index in [-0.39, 0.29) is 0 Å². The van der Waals surface area contributed by atoms with Crippen molar-refractivity contribution in [1.29, 1.82) is 0 Å². The van der Waals surface area contributed by atoms with Crippen LogP contribution >= 0.6 is 23.4 Å². The Bertz CT molecular complexity index is 320. The first-order chi connectivity index (χ1) is 8.24. The van der Waals surface area contributed by atoms with Crippen molar-refractivity contribution in [2.45, 2.75) is 30.8 Å². The van der Waals surface area contributed by atoms with Crippen molar-refractivity contribution in [1.82, 2.24) is 0 Å². The number of aliphatic hydroxyl groups excluding tert-OH is 1. The predicted octanol–water partition coefficient (Wildman–Crippen LogP) is 3.61. The normalized spacial score (nSPS) is 12.6. The van der Waals surface area contributed by atoms with Crippen molar-refractivity contribution < 1.29 is 9.84 Å². The first-order valence-corrected chi connectivity index (χ1v) is 7.23. The quantitative estimate of drug-likeness (QED) is 0.580. The zero-order chi connectivity index (χ0) is 12.5. The van der Waals surface area contributed by atoms with Crippen molar-refractivity contribution in [2.24, 2.45) is 0 Å². The first kappa shape index (κ1) is 14.8. The van der Waals surface area contributed by atoms with E-state index in [1.807, 2.05) is 24.3 Å². The van der Waals surface area contributed by atoms with Gasteiger partial charge in [0.2, 0.25) is 0 Å². The fourth-order valence-electron chi connectivity index (χ4n) is 1.26. The van der Waals surface area contributed by atoms with Crippen LogP contribution in [0.4, 0.5) is 0 Å². The molecule has 0 fully saturated rings. The molecular formula is C13H19ClO2S. The van der Waals surface area contributed by atoms with Gasteiger partial charge in [-0.25, -0.2) is 0 Å². The van der Waals surface area contributed by atoms with Crippen LogP contribution in [-0.4, -0.2) is 30.2 Å². The summed E-state index contributed by atoms with van der Waals surface area (Å²) >= 11 is 7.58. The summed E-state index contributed by atoms with van der Waals surface area (Å²) in [6.07, 6.45) is 1.72. The molecule has 0 aliphatic rings. The number of halogens is 1. The molecule has 1 rings (SSSR count). The zero-order valence-electron chi connectivity index (χ0n) is 10.1. The van der Waals surface area contributed by atoms with Crippen LogP contribution in [0.3, 0.4) is 0 Å². The number of aliphatic hydroxyl groups is 1. The molecule has 17 heavy (non-hydrogen) atoms. The minimum Gasteiger partial charge on any atom is -0.390 e. The topological polar surface area (TPSA) is 29.5 Å². The Hall–Kier alpha value is -0.220. The van der Waals surface area contributed by atoms with Crippen LogP contribution in [0.1, 0.15) is 19.8 Å². The van der Waals surface area contributed by atoms with Gasteiger partial charge in [0.1, 0.15) is 0 Å². The maximum Gasteiger partial charge on any atom is 0.0867 e. The third kappa shape index (κ3) is 6.32. The molecule has 0 radical (unpaired) electrons. The summed E-state index contributed by atoms with van der Waals surface area (Å²) in [5.41, 5.74) is 0. The van der Waals surface area contributed by atoms with Gasteiger partial charge in [0, 0.05) is 17.3 Å². The molecule has 0 aromatic heterocycles. The van der Waals surface area contributed by atoms with Crippen LogP contribution in [0.5, 0.6) is 0 Å². The van der Waals surface area contributed by atoms with Gasteiger partial charge in [0.15, 0.2) is 0 Å². The van der Waals surface area contributed by atoms with Crippen LogP contribution < -0.4 is 0 Å². The monoisotopic (exact) mass is 274 g/mol. The van der Waals surface area contributed by atoms with Gasteiger partial charge in [-0.3, -0.25) is 0 Å². The van der Waals surface area contributed by atoms with E-state index in [1.165, 1.54) is 0 Å². The molecule has 2 nitrogen and oxygen atoms in total. The van der Waals surface area contributed by atoms with Gasteiger partial charge >= 0.3 is 0 Å². The lowest BCUT2D eigenvalue weighted by Crippen LogP contribution is -2.18. The third-order valence-corrected chi connectivity index (χ3v) is 3.88. The summed E-state index contributed by atoms with van der Waals surface area (Å²) in [7, 11) is 0. The van der Waals surface area contributed by atoms with E-state index in [9.17, 15) is 5.11 Å². The summed E-state index contributed by atoms with van der Waals surface area (Å²) in [6, 6.07) is 7.65. The van der Waals surface area contributed by atoms with Crippen molar-refractivity contribution in [3.8, 4) is 0 Å². The molecule has 1 aromatic rings. The molecule has 0 spiro atoms. The second-order valence-corrected chi connectivity index (χ2v) is 5.29. The second kappa shape index (κ2) is 8.81. The van der Waals surface area contributed by atoms with Crippen LogP contribution in [0.2, 0.25) is 5.02 Å². The number of ether oxygens (including phenoxy) is 1. The first-order valence-electron chi connectivity index (χ1n) is 5.87. The fourth-order valence-corrected chi connectivity index (χ4v) is 2.41. The van der Waals surface area contributed by atoms with E-state index < -0.39 is 6.10 Å². The van der Waals surface area contributed by atoms with Gasteiger partial charge in [-0.15, -0.1) is 11.8 Å². The minimum atomic E-state index is -0.437. The van der Waals surface area contributed by atoms with Crippen LogP contribution in [0, 0.1) is 0 Å². The lowest BCUT2D eigenvalue weighted by atomic mass is 10.3. The molecule has 1 atom stereocenters. The number of hydrogen-bond acceptors (Lipinski definition) is 3. The van der Waals surface area contributed by atoms with Gasteiger partial charge in [-0.2, -0.15) is 0 Å². The van der Waals surface area contributed by atoms with Gasteiger partial charge in [0.25, 0.3) is 0 Å². The molecule has 1 N–H and O–H groups in total. The summed E-state index contributed by atoms with van der Waals surface area (Å²) in [6.45, 7) is 3.24. The smallest absolute Gasteiger partial charge is 0.0867 e. The Balaban J connectivity index is 2.19. The Morgan fingerprint density at radius 2 is 2.18 bits per heavy atom. The highest BCUT2D eigenvalue weighted by Crippen LogP contribution is 2.26. The largest absolute Gasteiger partial charge is 0.390 e. The van der Waals surface area contributed by atoms with Crippen molar-refractivity contribution >= 4 is 23.4 Å². The van der Waals surface area contributed by atoms with Crippen molar-refractivity contribution in [3.05, 3.63) is 29.3 Å². The fraction of sp³-hybridized carbons (Fsp3) is 0.538. The Kier molecular flexibility index (Phi) is 7.69. The summed E-state index contributed by atoms with van der Waals surface area (Å²) < 4.78 is 5.36. The molecule has 0 saturated heterocycles. The molecule has 0 heterocycles. The van der Waals surface area contributed by atoms with E-state index in [0.29, 0.717) is 12.4 Å². The van der Waals surface area contributed by atoms with Gasteiger partial charge in [0.05, 0.1) is 17.7 Å². The van der Waals surface area contributed by atoms with E-state index in [1.54, 1.807) is 11.8 Å². The summed E-state index contributed by atoms with van der Waals surface area (Å²) in [4.78, 5) is 1.00. The molecule has 1 aromatic carbocycles. The van der Waals surface area contributed by atoms with Crippen molar-refractivity contribution in [2.75, 3.05) is 19.0 Å². The minimum absolute atomic E-state index is 0.400. The number of hydrogen-bond donors (Lipinski definition) is 1. The number of unbranched alkanes of at least 4 members (excludes halogenated alkanes) is 1. The average molecular weight is 275 g/mol. The number of benzene rings is 1. The molecule has 0 amide bonds. The number of rotatable bonds is 8. The summed E-state index contributed by atoms with van der Waals surface area (Å²) in [5.74, 6) is 0.607. The zero-order valence-corrected chi connectivity index (χ0v) is 11.6. The van der Waals surface area contributed by atoms with E-state index in [2.05, 4.69) is 6.92 Å². The van der Waals surface area contributed by atoms with Crippen LogP contribution in [0.15, 0.2) is 29.2 Å².